The van der Waals surface area contributed by atoms with E-state index < -0.39 is 5.54 Å². The Bertz CT molecular complexity index is 1270. The van der Waals surface area contributed by atoms with Gasteiger partial charge in [-0.15, -0.1) is 0 Å². The van der Waals surface area contributed by atoms with Crippen LogP contribution in [0.5, 0.6) is 5.75 Å². The van der Waals surface area contributed by atoms with E-state index in [1.165, 1.54) is 11.3 Å². The zero-order chi connectivity index (χ0) is 23.4. The summed E-state index contributed by atoms with van der Waals surface area (Å²) in [7, 11) is 1.66. The second kappa shape index (κ2) is 7.87. The number of imide groups is 1. The SMILES string of the molecule is COc1ccc2[nH]c3c(c2c1)C[C@@]1(C)C(=O)N(CCCN2CCC2)C(=O)N1[C@@H]3c1ccccc1. The van der Waals surface area contributed by atoms with E-state index in [0.717, 1.165) is 59.5 Å². The molecule has 34 heavy (non-hydrogen) atoms. The molecule has 2 aromatic carbocycles. The summed E-state index contributed by atoms with van der Waals surface area (Å²) >= 11 is 0. The number of methoxy groups -OCH3 is 1. The maximum Gasteiger partial charge on any atom is 0.328 e. The van der Waals surface area contributed by atoms with Gasteiger partial charge in [0.2, 0.25) is 0 Å². The van der Waals surface area contributed by atoms with Gasteiger partial charge in [0, 0.05) is 29.6 Å². The maximum atomic E-state index is 13.8. The van der Waals surface area contributed by atoms with Crippen molar-refractivity contribution in [2.45, 2.75) is 37.8 Å². The van der Waals surface area contributed by atoms with Crippen molar-refractivity contribution in [2.24, 2.45) is 0 Å². The highest BCUT2D eigenvalue weighted by Gasteiger charge is 2.60. The first kappa shape index (κ1) is 21.2. The Labute approximate surface area is 199 Å². The number of nitrogens with zero attached hydrogens (tertiary/aromatic N) is 3. The molecule has 2 saturated heterocycles. The van der Waals surface area contributed by atoms with Crippen LogP contribution in [-0.2, 0) is 11.2 Å². The Morgan fingerprint density at radius 3 is 2.59 bits per heavy atom. The molecule has 2 atom stereocenters. The van der Waals surface area contributed by atoms with Gasteiger partial charge in [0.15, 0.2) is 0 Å². The summed E-state index contributed by atoms with van der Waals surface area (Å²) in [4.78, 5) is 36.9. The van der Waals surface area contributed by atoms with Gasteiger partial charge >= 0.3 is 6.03 Å². The summed E-state index contributed by atoms with van der Waals surface area (Å²) in [6, 6.07) is 15.4. The standard InChI is InChI=1S/C27H30N4O3/c1-27-17-21-20-16-19(34-2)10-11-22(20)28-23(21)24(18-8-4-3-5-9-18)31(27)26(33)30(25(27)32)15-7-14-29-12-6-13-29/h3-5,8-11,16,24,28H,6-7,12-15,17H2,1-2H3/t24-,27+/m1/s1. The van der Waals surface area contributed by atoms with Crippen molar-refractivity contribution in [1.82, 2.24) is 19.7 Å². The Hall–Kier alpha value is -3.32. The van der Waals surface area contributed by atoms with E-state index in [1.807, 2.05) is 60.4 Å². The molecule has 1 aromatic heterocycles. The summed E-state index contributed by atoms with van der Waals surface area (Å²) < 4.78 is 5.48. The van der Waals surface area contributed by atoms with Gasteiger partial charge in [0.1, 0.15) is 17.3 Å². The van der Waals surface area contributed by atoms with Crippen molar-refractivity contribution < 1.29 is 14.3 Å². The lowest BCUT2D eigenvalue weighted by molar-refractivity contribution is -0.133. The third-order valence-electron chi connectivity index (χ3n) is 7.79. The van der Waals surface area contributed by atoms with E-state index >= 15 is 0 Å². The number of hydrogen-bond donors (Lipinski definition) is 1. The molecule has 3 aromatic rings. The molecule has 4 heterocycles. The summed E-state index contributed by atoms with van der Waals surface area (Å²) in [5.41, 5.74) is 3.12. The van der Waals surface area contributed by atoms with E-state index in [0.29, 0.717) is 13.0 Å². The second-order valence-electron chi connectivity index (χ2n) is 9.85. The Morgan fingerprint density at radius 2 is 1.88 bits per heavy atom. The van der Waals surface area contributed by atoms with Crippen LogP contribution in [0.2, 0.25) is 0 Å². The van der Waals surface area contributed by atoms with Crippen molar-refractivity contribution in [3.63, 3.8) is 0 Å². The fourth-order valence-corrected chi connectivity index (χ4v) is 5.86. The highest BCUT2D eigenvalue weighted by Crippen LogP contribution is 2.49. The van der Waals surface area contributed by atoms with E-state index in [9.17, 15) is 9.59 Å². The number of benzene rings is 2. The van der Waals surface area contributed by atoms with E-state index in [2.05, 4.69) is 9.88 Å². The monoisotopic (exact) mass is 458 g/mol. The van der Waals surface area contributed by atoms with Crippen molar-refractivity contribution in [3.8, 4) is 5.75 Å². The number of carbonyl (C=O) groups excluding carboxylic acids is 2. The predicted octanol–water partition coefficient (Wildman–Crippen LogP) is 3.94. The summed E-state index contributed by atoms with van der Waals surface area (Å²) in [5.74, 6) is 0.685. The molecular formula is C27H30N4O3. The molecule has 0 radical (unpaired) electrons. The molecule has 0 spiro atoms. The highest BCUT2D eigenvalue weighted by atomic mass is 16.5. The number of H-pyrrole nitrogens is 1. The number of likely N-dealkylation sites (tertiary alicyclic amines) is 1. The number of aromatic nitrogens is 1. The largest absolute Gasteiger partial charge is 0.497 e. The molecule has 1 N–H and O–H groups in total. The highest BCUT2D eigenvalue weighted by molar-refractivity contribution is 6.08. The molecule has 3 aliphatic heterocycles. The normalized spacial score (nSPS) is 24.4. The minimum atomic E-state index is -0.931. The lowest BCUT2D eigenvalue weighted by Gasteiger charge is -2.42. The number of nitrogens with one attached hydrogen (secondary N) is 1. The van der Waals surface area contributed by atoms with Crippen molar-refractivity contribution in [1.29, 1.82) is 0 Å². The Kier molecular flexibility index (Phi) is 4.92. The van der Waals surface area contributed by atoms with Gasteiger partial charge in [-0.2, -0.15) is 0 Å². The number of carbonyl (C=O) groups is 2. The van der Waals surface area contributed by atoms with Crippen LogP contribution >= 0.6 is 0 Å². The molecule has 7 nitrogen and oxygen atoms in total. The molecule has 0 unspecified atom stereocenters. The van der Waals surface area contributed by atoms with Gasteiger partial charge in [-0.25, -0.2) is 4.79 Å². The molecular weight excluding hydrogens is 428 g/mol. The topological polar surface area (TPSA) is 68.9 Å². The number of fused-ring (bicyclic) bond motifs is 4. The van der Waals surface area contributed by atoms with Gasteiger partial charge in [-0.3, -0.25) is 14.6 Å². The Balaban J connectivity index is 1.44. The number of urea groups is 1. The molecule has 7 heteroatoms. The molecule has 0 aliphatic carbocycles. The molecule has 3 aliphatic rings. The van der Waals surface area contributed by atoms with Crippen LogP contribution < -0.4 is 4.74 Å². The number of aromatic amines is 1. The minimum absolute atomic E-state index is 0.0927. The minimum Gasteiger partial charge on any atom is -0.497 e. The van der Waals surface area contributed by atoms with Gasteiger partial charge in [0.25, 0.3) is 5.91 Å². The first-order valence-corrected chi connectivity index (χ1v) is 12.1. The average molecular weight is 459 g/mol. The lowest BCUT2D eigenvalue weighted by atomic mass is 9.81. The van der Waals surface area contributed by atoms with Crippen LogP contribution in [-0.4, -0.2) is 70.4 Å². The van der Waals surface area contributed by atoms with Crippen LogP contribution in [0.15, 0.2) is 48.5 Å². The van der Waals surface area contributed by atoms with Crippen LogP contribution in [0.3, 0.4) is 0 Å². The molecule has 176 valence electrons. The van der Waals surface area contributed by atoms with Crippen LogP contribution in [0.4, 0.5) is 4.79 Å². The van der Waals surface area contributed by atoms with E-state index in [-0.39, 0.29) is 18.0 Å². The van der Waals surface area contributed by atoms with E-state index in [1.54, 1.807) is 7.11 Å². The lowest BCUT2D eigenvalue weighted by Crippen LogP contribution is -2.53. The van der Waals surface area contributed by atoms with Gasteiger partial charge in [0.05, 0.1) is 7.11 Å². The molecule has 3 amide bonds. The third-order valence-corrected chi connectivity index (χ3v) is 7.79. The molecule has 6 rings (SSSR count). The van der Waals surface area contributed by atoms with Crippen LogP contribution in [0, 0.1) is 0 Å². The van der Waals surface area contributed by atoms with Crippen molar-refractivity contribution >= 4 is 22.8 Å². The molecule has 0 bridgehead atoms. The quantitative estimate of drug-likeness (QED) is 0.568. The average Bonchev–Trinajstić information content (AvgIpc) is 3.26. The van der Waals surface area contributed by atoms with Crippen LogP contribution in [0.25, 0.3) is 10.9 Å². The zero-order valence-electron chi connectivity index (χ0n) is 19.7. The third kappa shape index (κ3) is 3.06. The van der Waals surface area contributed by atoms with Gasteiger partial charge < -0.3 is 14.6 Å². The Morgan fingerprint density at radius 1 is 1.09 bits per heavy atom. The van der Waals surface area contributed by atoms with Crippen molar-refractivity contribution in [2.75, 3.05) is 33.3 Å². The smallest absolute Gasteiger partial charge is 0.328 e. The number of amides is 3. The first-order chi connectivity index (χ1) is 16.5. The number of hydrogen-bond acceptors (Lipinski definition) is 4. The van der Waals surface area contributed by atoms with E-state index in [4.69, 9.17) is 4.74 Å². The summed E-state index contributed by atoms with van der Waals surface area (Å²) in [6.07, 6.45) is 2.53. The molecule has 2 fully saturated rings. The maximum absolute atomic E-state index is 13.8. The molecule has 0 saturated carbocycles. The van der Waals surface area contributed by atoms with Crippen molar-refractivity contribution in [3.05, 3.63) is 65.4 Å². The zero-order valence-corrected chi connectivity index (χ0v) is 19.7. The van der Waals surface area contributed by atoms with Gasteiger partial charge in [-0.05, 0) is 68.7 Å². The van der Waals surface area contributed by atoms with Gasteiger partial charge in [-0.1, -0.05) is 30.3 Å². The summed E-state index contributed by atoms with van der Waals surface area (Å²) in [6.45, 7) is 5.56. The summed E-state index contributed by atoms with van der Waals surface area (Å²) in [5, 5.41) is 1.05. The van der Waals surface area contributed by atoms with Crippen LogP contribution in [0.1, 0.15) is 42.6 Å². The fourth-order valence-electron chi connectivity index (χ4n) is 5.86. The first-order valence-electron chi connectivity index (χ1n) is 12.1. The number of rotatable bonds is 6. The second-order valence-corrected chi connectivity index (χ2v) is 9.85. The predicted molar refractivity (Wildman–Crippen MR) is 130 cm³/mol. The fraction of sp³-hybridized carbons (Fsp3) is 0.407. The number of ether oxygens (including phenoxy) is 1.